The molecule has 0 aliphatic rings. The third-order valence-corrected chi connectivity index (χ3v) is 2.80. The molecule has 19 heavy (non-hydrogen) atoms. The molecule has 92 valence electrons. The Kier molecular flexibility index (Phi) is 2.94. The first kappa shape index (κ1) is 11.4. The number of allylic oxidation sites excluding steroid dienone is 1. The molecule has 0 bridgehead atoms. The second kappa shape index (κ2) is 4.90. The molecule has 3 aromatic rings. The van der Waals surface area contributed by atoms with Gasteiger partial charge in [0.15, 0.2) is 5.76 Å². The summed E-state index contributed by atoms with van der Waals surface area (Å²) in [6.07, 6.45) is 6.63. The second-order valence-electron chi connectivity index (χ2n) is 4.13. The first-order valence-corrected chi connectivity index (χ1v) is 5.94. The van der Waals surface area contributed by atoms with Crippen molar-refractivity contribution in [2.45, 2.75) is 0 Å². The summed E-state index contributed by atoms with van der Waals surface area (Å²) in [5.41, 5.74) is 1.66. The number of ketones is 1. The third kappa shape index (κ3) is 2.45. The molecule has 3 nitrogen and oxygen atoms in total. The number of furan rings is 1. The van der Waals surface area contributed by atoms with Gasteiger partial charge in [0.25, 0.3) is 0 Å². The first-order valence-electron chi connectivity index (χ1n) is 5.94. The van der Waals surface area contributed by atoms with Crippen LogP contribution in [-0.2, 0) is 0 Å². The summed E-state index contributed by atoms with van der Waals surface area (Å²) in [4.78, 5) is 15.9. The van der Waals surface area contributed by atoms with Crippen molar-refractivity contribution in [3.63, 3.8) is 0 Å². The van der Waals surface area contributed by atoms with Crippen LogP contribution in [0.5, 0.6) is 0 Å². The summed E-state index contributed by atoms with van der Waals surface area (Å²) in [5.74, 6) is 0.208. The summed E-state index contributed by atoms with van der Waals surface area (Å²) < 4.78 is 5.51. The summed E-state index contributed by atoms with van der Waals surface area (Å²) >= 11 is 0. The van der Waals surface area contributed by atoms with Crippen molar-refractivity contribution in [3.05, 3.63) is 72.3 Å². The highest BCUT2D eigenvalue weighted by Gasteiger charge is 2.08. The molecule has 0 amide bonds. The number of benzene rings is 1. The van der Waals surface area contributed by atoms with E-state index in [-0.39, 0.29) is 5.78 Å². The topological polar surface area (TPSA) is 43.1 Å². The molecule has 1 aromatic carbocycles. The molecule has 2 aromatic heterocycles. The van der Waals surface area contributed by atoms with Crippen molar-refractivity contribution >= 4 is 22.8 Å². The number of carbonyl (C=O) groups excluding carboxylic acids is 1. The quantitative estimate of drug-likeness (QED) is 0.524. The van der Waals surface area contributed by atoms with E-state index in [0.717, 1.165) is 16.5 Å². The molecule has 3 heteroatoms. The van der Waals surface area contributed by atoms with Gasteiger partial charge in [0.1, 0.15) is 5.58 Å². The van der Waals surface area contributed by atoms with Gasteiger partial charge in [0.05, 0.1) is 0 Å². The SMILES string of the molecule is O=C(/C=C/c1ccncc1)c1cc2ccccc2o1. The Morgan fingerprint density at radius 2 is 1.89 bits per heavy atom. The van der Waals surface area contributed by atoms with E-state index >= 15 is 0 Å². The molecule has 0 N–H and O–H groups in total. The van der Waals surface area contributed by atoms with Gasteiger partial charge in [-0.15, -0.1) is 0 Å². The average molecular weight is 249 g/mol. The maximum atomic E-state index is 12.0. The van der Waals surface area contributed by atoms with E-state index in [1.165, 1.54) is 6.08 Å². The van der Waals surface area contributed by atoms with Gasteiger partial charge in [-0.1, -0.05) is 24.3 Å². The van der Waals surface area contributed by atoms with Crippen LogP contribution in [0.15, 0.2) is 65.4 Å². The van der Waals surface area contributed by atoms with Gasteiger partial charge in [-0.3, -0.25) is 9.78 Å². The van der Waals surface area contributed by atoms with Gasteiger partial charge in [0, 0.05) is 17.8 Å². The molecule has 0 unspecified atom stereocenters. The predicted molar refractivity (Wildman–Crippen MR) is 73.8 cm³/mol. The zero-order valence-corrected chi connectivity index (χ0v) is 10.1. The molecule has 0 spiro atoms. The van der Waals surface area contributed by atoms with E-state index in [1.807, 2.05) is 36.4 Å². The van der Waals surface area contributed by atoms with Crippen LogP contribution >= 0.6 is 0 Å². The minimum absolute atomic E-state index is 0.145. The van der Waals surface area contributed by atoms with Crippen LogP contribution < -0.4 is 0 Å². The van der Waals surface area contributed by atoms with Crippen LogP contribution in [0.25, 0.3) is 17.0 Å². The maximum absolute atomic E-state index is 12.0. The Morgan fingerprint density at radius 1 is 1.11 bits per heavy atom. The largest absolute Gasteiger partial charge is 0.453 e. The Balaban J connectivity index is 1.86. The Hall–Kier alpha value is -2.68. The van der Waals surface area contributed by atoms with E-state index in [2.05, 4.69) is 4.98 Å². The second-order valence-corrected chi connectivity index (χ2v) is 4.13. The number of nitrogens with zero attached hydrogens (tertiary/aromatic N) is 1. The summed E-state index contributed by atoms with van der Waals surface area (Å²) in [5, 5.41) is 0.933. The van der Waals surface area contributed by atoms with Crippen molar-refractivity contribution in [2.75, 3.05) is 0 Å². The lowest BCUT2D eigenvalue weighted by Crippen LogP contribution is -1.90. The van der Waals surface area contributed by atoms with Crippen molar-refractivity contribution in [1.29, 1.82) is 0 Å². The standard InChI is InChI=1S/C16H11NO2/c18-14(6-5-12-7-9-17-10-8-12)16-11-13-3-1-2-4-15(13)19-16/h1-11H/b6-5+. The number of fused-ring (bicyclic) bond motifs is 1. The van der Waals surface area contributed by atoms with Gasteiger partial charge in [-0.2, -0.15) is 0 Å². The van der Waals surface area contributed by atoms with E-state index in [0.29, 0.717) is 5.76 Å². The van der Waals surface area contributed by atoms with Crippen LogP contribution in [0.3, 0.4) is 0 Å². The smallest absolute Gasteiger partial charge is 0.221 e. The zero-order valence-electron chi connectivity index (χ0n) is 10.1. The van der Waals surface area contributed by atoms with E-state index < -0.39 is 0 Å². The van der Waals surface area contributed by atoms with E-state index in [4.69, 9.17) is 4.42 Å². The van der Waals surface area contributed by atoms with Crippen molar-refractivity contribution in [1.82, 2.24) is 4.98 Å². The number of para-hydroxylation sites is 1. The van der Waals surface area contributed by atoms with Crippen LogP contribution in [0.2, 0.25) is 0 Å². The van der Waals surface area contributed by atoms with Gasteiger partial charge in [-0.25, -0.2) is 0 Å². The molecule has 2 heterocycles. The highest BCUT2D eigenvalue weighted by molar-refractivity contribution is 6.06. The Labute approximate surface area is 110 Å². The van der Waals surface area contributed by atoms with Crippen molar-refractivity contribution in [2.24, 2.45) is 0 Å². The highest BCUT2D eigenvalue weighted by atomic mass is 16.3. The van der Waals surface area contributed by atoms with Gasteiger partial charge < -0.3 is 4.42 Å². The Bertz CT molecular complexity index is 709. The molecule has 0 radical (unpaired) electrons. The minimum Gasteiger partial charge on any atom is -0.453 e. The number of hydrogen-bond donors (Lipinski definition) is 0. The number of aromatic nitrogens is 1. The van der Waals surface area contributed by atoms with Gasteiger partial charge in [-0.05, 0) is 35.9 Å². The summed E-state index contributed by atoms with van der Waals surface area (Å²) in [6, 6.07) is 13.0. The number of pyridine rings is 1. The molecule has 0 atom stereocenters. The molecule has 3 rings (SSSR count). The van der Waals surface area contributed by atoms with Gasteiger partial charge >= 0.3 is 0 Å². The molecule has 0 fully saturated rings. The van der Waals surface area contributed by atoms with Crippen LogP contribution in [0, 0.1) is 0 Å². The van der Waals surface area contributed by atoms with E-state index in [9.17, 15) is 4.79 Å². The van der Waals surface area contributed by atoms with Crippen molar-refractivity contribution < 1.29 is 9.21 Å². The fourth-order valence-corrected chi connectivity index (χ4v) is 1.83. The highest BCUT2D eigenvalue weighted by Crippen LogP contribution is 2.19. The van der Waals surface area contributed by atoms with E-state index in [1.54, 1.807) is 24.5 Å². The predicted octanol–water partition coefficient (Wildman–Crippen LogP) is 3.72. The summed E-state index contributed by atoms with van der Waals surface area (Å²) in [7, 11) is 0. The monoisotopic (exact) mass is 249 g/mol. The molecular formula is C16H11NO2. The fraction of sp³-hybridized carbons (Fsp3) is 0. The third-order valence-electron chi connectivity index (χ3n) is 2.80. The summed E-state index contributed by atoms with van der Waals surface area (Å²) in [6.45, 7) is 0. The van der Waals surface area contributed by atoms with Crippen LogP contribution in [0.4, 0.5) is 0 Å². The average Bonchev–Trinajstić information content (AvgIpc) is 2.90. The maximum Gasteiger partial charge on any atom is 0.221 e. The molecule has 0 saturated carbocycles. The number of hydrogen-bond acceptors (Lipinski definition) is 3. The lowest BCUT2D eigenvalue weighted by Gasteiger charge is -1.90. The number of rotatable bonds is 3. The lowest BCUT2D eigenvalue weighted by molar-refractivity contribution is 0.102. The fourth-order valence-electron chi connectivity index (χ4n) is 1.83. The van der Waals surface area contributed by atoms with Gasteiger partial charge in [0.2, 0.25) is 5.78 Å². The number of carbonyl (C=O) groups is 1. The van der Waals surface area contributed by atoms with Crippen LogP contribution in [0.1, 0.15) is 16.1 Å². The first-order chi connectivity index (χ1) is 9.33. The zero-order chi connectivity index (χ0) is 13.1. The van der Waals surface area contributed by atoms with Crippen molar-refractivity contribution in [3.8, 4) is 0 Å². The minimum atomic E-state index is -0.145. The lowest BCUT2D eigenvalue weighted by atomic mass is 10.2. The Morgan fingerprint density at radius 3 is 2.68 bits per heavy atom. The molecule has 0 aliphatic heterocycles. The normalized spacial score (nSPS) is 11.2. The molecule has 0 aliphatic carbocycles. The molecule has 0 saturated heterocycles. The van der Waals surface area contributed by atoms with Crippen LogP contribution in [-0.4, -0.2) is 10.8 Å². The molecular weight excluding hydrogens is 238 g/mol.